The molecule has 2 bridgehead atoms. The molecule has 1 aliphatic carbocycles. The van der Waals surface area contributed by atoms with Crippen LogP contribution in [-0.2, 0) is 9.59 Å². The van der Waals surface area contributed by atoms with Crippen LogP contribution in [0.1, 0.15) is 38.6 Å². The normalized spacial score (nSPS) is 33.1. The van der Waals surface area contributed by atoms with Crippen LogP contribution < -0.4 is 4.90 Å². The van der Waals surface area contributed by atoms with E-state index in [1.807, 2.05) is 27.7 Å². The highest BCUT2D eigenvalue weighted by molar-refractivity contribution is 7.15. The van der Waals surface area contributed by atoms with Crippen molar-refractivity contribution in [2.24, 2.45) is 16.7 Å². The summed E-state index contributed by atoms with van der Waals surface area (Å²) in [5.41, 5.74) is -0.761. The van der Waals surface area contributed by atoms with E-state index in [0.29, 0.717) is 5.13 Å². The first-order chi connectivity index (χ1) is 8.79. The summed E-state index contributed by atoms with van der Waals surface area (Å²) in [6.07, 6.45) is 1.55. The fourth-order valence-corrected chi connectivity index (χ4v) is 4.07. The molecule has 1 aromatic heterocycles. The summed E-state index contributed by atoms with van der Waals surface area (Å²) in [5, 5.41) is 9.06. The lowest BCUT2D eigenvalue weighted by Crippen LogP contribution is -2.59. The van der Waals surface area contributed by atoms with Gasteiger partial charge in [0.1, 0.15) is 5.01 Å². The third-order valence-corrected chi connectivity index (χ3v) is 5.95. The molecular formula is C13H17N3O2S. The number of imide groups is 1. The molecule has 6 heteroatoms. The molecule has 2 heterocycles. The zero-order valence-corrected chi connectivity index (χ0v) is 12.4. The Kier molecular flexibility index (Phi) is 2.43. The molecule has 5 nitrogen and oxygen atoms in total. The maximum absolute atomic E-state index is 12.8. The summed E-state index contributed by atoms with van der Waals surface area (Å²) in [6.45, 7) is 7.86. The van der Waals surface area contributed by atoms with E-state index in [2.05, 4.69) is 10.2 Å². The number of hydrogen-bond acceptors (Lipinski definition) is 5. The topological polar surface area (TPSA) is 63.2 Å². The molecule has 19 heavy (non-hydrogen) atoms. The predicted molar refractivity (Wildman–Crippen MR) is 71.8 cm³/mol. The standard InChI is InChI=1S/C13H17N3O2S/c1-7-14-15-11(19-7)16-9(17)8-5-6-13(4,10(16)18)12(8,2)3/h8H,5-6H2,1-4H3/t8-,13-/m0/s1. The van der Waals surface area contributed by atoms with Gasteiger partial charge in [0.05, 0.1) is 5.41 Å². The van der Waals surface area contributed by atoms with Crippen LogP contribution in [-0.4, -0.2) is 22.0 Å². The largest absolute Gasteiger partial charge is 0.274 e. The van der Waals surface area contributed by atoms with Gasteiger partial charge < -0.3 is 0 Å². The predicted octanol–water partition coefficient (Wildman–Crippen LogP) is 2.16. The lowest BCUT2D eigenvalue weighted by atomic mass is 9.62. The number of carbonyl (C=O) groups is 2. The number of carbonyl (C=O) groups excluding carboxylic acids is 2. The van der Waals surface area contributed by atoms with Crippen LogP contribution in [0.5, 0.6) is 0 Å². The van der Waals surface area contributed by atoms with Gasteiger partial charge >= 0.3 is 0 Å². The number of anilines is 1. The first-order valence-corrected chi connectivity index (χ1v) is 7.29. The van der Waals surface area contributed by atoms with Crippen LogP contribution >= 0.6 is 11.3 Å². The second-order valence-electron chi connectivity index (χ2n) is 6.23. The quantitative estimate of drug-likeness (QED) is 0.739. The number of piperidine rings is 1. The molecular weight excluding hydrogens is 262 g/mol. The third kappa shape index (κ3) is 1.40. The highest BCUT2D eigenvalue weighted by atomic mass is 32.1. The number of fused-ring (bicyclic) bond motifs is 2. The van der Waals surface area contributed by atoms with Gasteiger partial charge in [-0.05, 0) is 25.2 Å². The second kappa shape index (κ2) is 3.62. The number of aryl methyl sites for hydroxylation is 1. The summed E-state index contributed by atoms with van der Waals surface area (Å²) in [5.74, 6) is -0.326. The highest BCUT2D eigenvalue weighted by Crippen LogP contribution is 2.60. The molecule has 1 saturated heterocycles. The molecule has 2 amide bonds. The Morgan fingerprint density at radius 1 is 1.26 bits per heavy atom. The van der Waals surface area contributed by atoms with Crippen molar-refractivity contribution < 1.29 is 9.59 Å². The minimum absolute atomic E-state index is 0.0978. The molecule has 2 atom stereocenters. The van der Waals surface area contributed by atoms with Gasteiger partial charge in [0, 0.05) is 5.92 Å². The Labute approximate surface area is 116 Å². The number of amides is 2. The zero-order valence-electron chi connectivity index (χ0n) is 11.6. The molecule has 0 spiro atoms. The van der Waals surface area contributed by atoms with E-state index in [0.717, 1.165) is 17.8 Å². The van der Waals surface area contributed by atoms with Gasteiger partial charge in [-0.2, -0.15) is 0 Å². The second-order valence-corrected chi connectivity index (χ2v) is 7.39. The van der Waals surface area contributed by atoms with Crippen molar-refractivity contribution in [3.05, 3.63) is 5.01 Å². The van der Waals surface area contributed by atoms with Crippen molar-refractivity contribution >= 4 is 28.3 Å². The lowest BCUT2D eigenvalue weighted by Gasteiger charge is -2.46. The van der Waals surface area contributed by atoms with E-state index in [-0.39, 0.29) is 23.1 Å². The van der Waals surface area contributed by atoms with Crippen LogP contribution in [0.15, 0.2) is 0 Å². The summed E-state index contributed by atoms with van der Waals surface area (Å²) < 4.78 is 0. The van der Waals surface area contributed by atoms with E-state index in [1.165, 1.54) is 16.2 Å². The Hall–Kier alpha value is -1.30. The summed E-state index contributed by atoms with van der Waals surface area (Å²) in [6, 6.07) is 0. The Morgan fingerprint density at radius 2 is 1.95 bits per heavy atom. The molecule has 0 aromatic carbocycles. The third-order valence-electron chi connectivity index (χ3n) is 5.13. The van der Waals surface area contributed by atoms with Crippen LogP contribution in [0.2, 0.25) is 0 Å². The molecule has 3 rings (SSSR count). The fourth-order valence-electron chi connectivity index (χ4n) is 3.38. The number of nitrogens with zero attached hydrogens (tertiary/aromatic N) is 3. The van der Waals surface area contributed by atoms with Crippen molar-refractivity contribution in [1.29, 1.82) is 0 Å². The summed E-state index contributed by atoms with van der Waals surface area (Å²) >= 11 is 1.29. The molecule has 2 aliphatic rings. The van der Waals surface area contributed by atoms with Gasteiger partial charge in [0.2, 0.25) is 16.9 Å². The first kappa shape index (κ1) is 12.7. The Bertz CT molecular complexity index is 580. The zero-order chi connectivity index (χ0) is 14.0. The number of hydrogen-bond donors (Lipinski definition) is 0. The number of rotatable bonds is 1. The first-order valence-electron chi connectivity index (χ1n) is 6.47. The molecule has 102 valence electrons. The molecule has 2 fully saturated rings. The van der Waals surface area contributed by atoms with Gasteiger partial charge in [-0.15, -0.1) is 10.2 Å². The summed E-state index contributed by atoms with van der Waals surface area (Å²) in [4.78, 5) is 26.7. The van der Waals surface area contributed by atoms with Crippen molar-refractivity contribution in [2.45, 2.75) is 40.5 Å². The van der Waals surface area contributed by atoms with E-state index in [9.17, 15) is 9.59 Å². The Balaban J connectivity index is 2.11. The highest BCUT2D eigenvalue weighted by Gasteiger charge is 2.65. The average molecular weight is 279 g/mol. The maximum Gasteiger partial charge on any atom is 0.242 e. The molecule has 1 aromatic rings. The Morgan fingerprint density at radius 3 is 2.53 bits per heavy atom. The van der Waals surface area contributed by atoms with Crippen molar-refractivity contribution in [3.8, 4) is 0 Å². The van der Waals surface area contributed by atoms with Crippen LogP contribution in [0, 0.1) is 23.7 Å². The van der Waals surface area contributed by atoms with Crippen molar-refractivity contribution in [3.63, 3.8) is 0 Å². The van der Waals surface area contributed by atoms with Gasteiger partial charge in [0.25, 0.3) is 0 Å². The average Bonchev–Trinajstić information content (AvgIpc) is 2.80. The maximum atomic E-state index is 12.8. The van der Waals surface area contributed by atoms with Crippen molar-refractivity contribution in [2.75, 3.05) is 4.90 Å². The van der Waals surface area contributed by atoms with Crippen LogP contribution in [0.4, 0.5) is 5.13 Å². The van der Waals surface area contributed by atoms with E-state index in [4.69, 9.17) is 0 Å². The minimum Gasteiger partial charge on any atom is -0.274 e. The summed E-state index contributed by atoms with van der Waals surface area (Å²) in [7, 11) is 0. The van der Waals surface area contributed by atoms with E-state index < -0.39 is 5.41 Å². The molecule has 0 N–H and O–H groups in total. The molecule has 1 saturated carbocycles. The molecule has 0 radical (unpaired) electrons. The van der Waals surface area contributed by atoms with Gasteiger partial charge in [-0.3, -0.25) is 9.59 Å². The van der Waals surface area contributed by atoms with E-state index >= 15 is 0 Å². The van der Waals surface area contributed by atoms with Crippen molar-refractivity contribution in [1.82, 2.24) is 10.2 Å². The smallest absolute Gasteiger partial charge is 0.242 e. The number of aromatic nitrogens is 2. The monoisotopic (exact) mass is 279 g/mol. The van der Waals surface area contributed by atoms with E-state index in [1.54, 1.807) is 0 Å². The van der Waals surface area contributed by atoms with Gasteiger partial charge in [-0.1, -0.05) is 32.1 Å². The molecule has 0 unspecified atom stereocenters. The van der Waals surface area contributed by atoms with Crippen LogP contribution in [0.3, 0.4) is 0 Å². The minimum atomic E-state index is -0.481. The molecule has 1 aliphatic heterocycles. The van der Waals surface area contributed by atoms with Gasteiger partial charge in [-0.25, -0.2) is 4.90 Å². The SMILES string of the molecule is Cc1nnc(N2C(=O)[C@@H]3CC[C@@](C)(C2=O)C3(C)C)s1. The van der Waals surface area contributed by atoms with Crippen LogP contribution in [0.25, 0.3) is 0 Å². The van der Waals surface area contributed by atoms with Gasteiger partial charge in [0.15, 0.2) is 0 Å². The lowest BCUT2D eigenvalue weighted by molar-refractivity contribution is -0.146. The fraction of sp³-hybridized carbons (Fsp3) is 0.692.